The van der Waals surface area contributed by atoms with Gasteiger partial charge in [-0.15, -0.1) is 0 Å². The molecule has 1 aromatic heterocycles. The smallest absolute Gasteiger partial charge is 0.279 e. The highest BCUT2D eigenvalue weighted by Crippen LogP contribution is 2.31. The molecule has 0 atom stereocenters. The quantitative estimate of drug-likeness (QED) is 0.851. The SMILES string of the molecule is Cc1ncccc1OC1CCC(NS(=O)(=O)N2CCC(C)(C)CC2)CC1. The Morgan fingerprint density at radius 3 is 2.46 bits per heavy atom. The number of ether oxygens (including phenoxy) is 1. The maximum absolute atomic E-state index is 12.7. The summed E-state index contributed by atoms with van der Waals surface area (Å²) >= 11 is 0. The fraction of sp³-hybridized carbons (Fsp3) is 0.737. The molecule has 1 aromatic rings. The molecule has 0 bridgehead atoms. The standard InChI is InChI=1S/C19H31N3O3S/c1-15-18(5-4-12-20-15)25-17-8-6-16(7-9-17)21-26(23,24)22-13-10-19(2,3)11-14-22/h4-5,12,16-17,21H,6-11,13-14H2,1-3H3. The van der Waals surface area contributed by atoms with Crippen molar-refractivity contribution in [3.05, 3.63) is 24.0 Å². The van der Waals surface area contributed by atoms with Gasteiger partial charge in [-0.2, -0.15) is 17.4 Å². The average Bonchev–Trinajstić information content (AvgIpc) is 2.58. The molecule has 1 saturated heterocycles. The molecule has 26 heavy (non-hydrogen) atoms. The van der Waals surface area contributed by atoms with E-state index in [0.29, 0.717) is 13.1 Å². The number of rotatable bonds is 5. The third-order valence-corrected chi connectivity index (χ3v) is 7.33. The van der Waals surface area contributed by atoms with Crippen LogP contribution in [-0.2, 0) is 10.2 Å². The number of hydrogen-bond donors (Lipinski definition) is 1. The van der Waals surface area contributed by atoms with Crippen LogP contribution >= 0.6 is 0 Å². The third kappa shape index (κ3) is 4.96. The van der Waals surface area contributed by atoms with Crippen LogP contribution in [0.3, 0.4) is 0 Å². The van der Waals surface area contributed by atoms with Gasteiger partial charge in [0.2, 0.25) is 0 Å². The fourth-order valence-electron chi connectivity index (χ4n) is 3.69. The first-order valence-electron chi connectivity index (χ1n) is 9.61. The van der Waals surface area contributed by atoms with E-state index in [1.165, 1.54) is 0 Å². The van der Waals surface area contributed by atoms with Gasteiger partial charge in [-0.1, -0.05) is 13.8 Å². The van der Waals surface area contributed by atoms with Gasteiger partial charge in [-0.25, -0.2) is 0 Å². The minimum absolute atomic E-state index is 0.00443. The zero-order chi connectivity index (χ0) is 18.8. The second-order valence-electron chi connectivity index (χ2n) is 8.36. The van der Waals surface area contributed by atoms with E-state index in [4.69, 9.17) is 4.74 Å². The molecular weight excluding hydrogens is 350 g/mol. The highest BCUT2D eigenvalue weighted by molar-refractivity contribution is 7.87. The van der Waals surface area contributed by atoms with Gasteiger partial charge in [0.05, 0.1) is 11.8 Å². The first kappa shape index (κ1) is 19.6. The lowest BCUT2D eigenvalue weighted by Crippen LogP contribution is -2.50. The van der Waals surface area contributed by atoms with Crippen molar-refractivity contribution in [2.75, 3.05) is 13.1 Å². The molecule has 0 radical (unpaired) electrons. The molecule has 1 saturated carbocycles. The van der Waals surface area contributed by atoms with Gasteiger partial charge in [0.1, 0.15) is 5.75 Å². The topological polar surface area (TPSA) is 71.5 Å². The second kappa shape index (κ2) is 7.82. The summed E-state index contributed by atoms with van der Waals surface area (Å²) in [5.74, 6) is 0.826. The Morgan fingerprint density at radius 2 is 1.85 bits per heavy atom. The number of aromatic nitrogens is 1. The Morgan fingerprint density at radius 1 is 1.19 bits per heavy atom. The van der Waals surface area contributed by atoms with Crippen LogP contribution < -0.4 is 9.46 Å². The highest BCUT2D eigenvalue weighted by atomic mass is 32.2. The predicted molar refractivity (Wildman–Crippen MR) is 102 cm³/mol. The zero-order valence-electron chi connectivity index (χ0n) is 16.1. The molecule has 0 spiro atoms. The summed E-state index contributed by atoms with van der Waals surface area (Å²) in [4.78, 5) is 4.25. The van der Waals surface area contributed by atoms with Crippen LogP contribution in [0.15, 0.2) is 18.3 Å². The molecule has 2 heterocycles. The van der Waals surface area contributed by atoms with Crippen LogP contribution in [0.25, 0.3) is 0 Å². The van der Waals surface area contributed by atoms with E-state index in [0.717, 1.165) is 50.0 Å². The summed E-state index contributed by atoms with van der Waals surface area (Å²) in [5, 5.41) is 0. The van der Waals surface area contributed by atoms with Crippen LogP contribution in [0.4, 0.5) is 0 Å². The summed E-state index contributed by atoms with van der Waals surface area (Å²) in [6, 6.07) is 3.82. The van der Waals surface area contributed by atoms with E-state index in [1.807, 2.05) is 19.1 Å². The third-order valence-electron chi connectivity index (χ3n) is 5.66. The first-order chi connectivity index (χ1) is 12.3. The minimum atomic E-state index is -3.38. The zero-order valence-corrected chi connectivity index (χ0v) is 16.9. The van der Waals surface area contributed by atoms with Crippen molar-refractivity contribution >= 4 is 10.2 Å². The van der Waals surface area contributed by atoms with Crippen molar-refractivity contribution < 1.29 is 13.2 Å². The van der Waals surface area contributed by atoms with Gasteiger partial charge >= 0.3 is 0 Å². The van der Waals surface area contributed by atoms with Crippen molar-refractivity contribution in [1.29, 1.82) is 0 Å². The molecule has 2 fully saturated rings. The Bertz CT molecular complexity index is 702. The number of nitrogens with one attached hydrogen (secondary N) is 1. The second-order valence-corrected chi connectivity index (χ2v) is 10.1. The van der Waals surface area contributed by atoms with E-state index in [2.05, 4.69) is 23.6 Å². The molecule has 1 N–H and O–H groups in total. The van der Waals surface area contributed by atoms with E-state index in [9.17, 15) is 8.42 Å². The maximum Gasteiger partial charge on any atom is 0.279 e. The van der Waals surface area contributed by atoms with Crippen molar-refractivity contribution in [1.82, 2.24) is 14.0 Å². The molecule has 2 aliphatic rings. The predicted octanol–water partition coefficient (Wildman–Crippen LogP) is 3.04. The molecule has 146 valence electrons. The van der Waals surface area contributed by atoms with Gasteiger partial charge in [-0.05, 0) is 63.0 Å². The van der Waals surface area contributed by atoms with Crippen molar-refractivity contribution in [3.8, 4) is 5.75 Å². The summed E-state index contributed by atoms with van der Waals surface area (Å²) in [6.45, 7) is 7.57. The van der Waals surface area contributed by atoms with E-state index in [1.54, 1.807) is 10.5 Å². The molecule has 1 aliphatic heterocycles. The average molecular weight is 382 g/mol. The lowest BCUT2D eigenvalue weighted by atomic mass is 9.83. The van der Waals surface area contributed by atoms with E-state index < -0.39 is 10.2 Å². The Kier molecular flexibility index (Phi) is 5.89. The van der Waals surface area contributed by atoms with Gasteiger partial charge in [-0.3, -0.25) is 4.98 Å². The Labute approximate surface area is 157 Å². The number of piperidine rings is 1. The van der Waals surface area contributed by atoms with E-state index >= 15 is 0 Å². The number of nitrogens with zero attached hydrogens (tertiary/aromatic N) is 2. The molecule has 0 unspecified atom stereocenters. The molecule has 1 aliphatic carbocycles. The van der Waals surface area contributed by atoms with Crippen LogP contribution in [0.5, 0.6) is 5.75 Å². The summed E-state index contributed by atoms with van der Waals surface area (Å²) in [5.41, 5.74) is 1.13. The van der Waals surface area contributed by atoms with Gasteiger partial charge in [0.15, 0.2) is 0 Å². The van der Waals surface area contributed by atoms with Crippen molar-refractivity contribution in [2.24, 2.45) is 5.41 Å². The molecular formula is C19H31N3O3S. The Hall–Kier alpha value is -1.18. The van der Waals surface area contributed by atoms with Gasteiger partial charge in [0.25, 0.3) is 10.2 Å². The minimum Gasteiger partial charge on any atom is -0.489 e. The normalized spacial score (nSPS) is 27.2. The molecule has 7 heteroatoms. The van der Waals surface area contributed by atoms with Gasteiger partial charge in [0, 0.05) is 25.3 Å². The monoisotopic (exact) mass is 381 g/mol. The number of pyridine rings is 1. The molecule has 6 nitrogen and oxygen atoms in total. The maximum atomic E-state index is 12.7. The molecule has 0 amide bonds. The molecule has 0 aromatic carbocycles. The lowest BCUT2D eigenvalue weighted by molar-refractivity contribution is 0.141. The largest absolute Gasteiger partial charge is 0.489 e. The Balaban J connectivity index is 1.48. The fourth-order valence-corrected chi connectivity index (χ4v) is 5.16. The summed E-state index contributed by atoms with van der Waals surface area (Å²) < 4.78 is 35.9. The van der Waals surface area contributed by atoms with Crippen molar-refractivity contribution in [2.45, 2.75) is 71.4 Å². The van der Waals surface area contributed by atoms with Crippen LogP contribution in [0, 0.1) is 12.3 Å². The number of aryl methyl sites for hydroxylation is 1. The highest BCUT2D eigenvalue weighted by Gasteiger charge is 2.34. The first-order valence-corrected chi connectivity index (χ1v) is 11.0. The lowest BCUT2D eigenvalue weighted by Gasteiger charge is -2.37. The van der Waals surface area contributed by atoms with Crippen LogP contribution in [0.1, 0.15) is 58.1 Å². The van der Waals surface area contributed by atoms with Gasteiger partial charge < -0.3 is 4.74 Å². The van der Waals surface area contributed by atoms with E-state index in [-0.39, 0.29) is 17.6 Å². The summed E-state index contributed by atoms with van der Waals surface area (Å²) in [6.07, 6.45) is 7.05. The van der Waals surface area contributed by atoms with Crippen molar-refractivity contribution in [3.63, 3.8) is 0 Å². The summed E-state index contributed by atoms with van der Waals surface area (Å²) in [7, 11) is -3.38. The molecule has 3 rings (SSSR count). The van der Waals surface area contributed by atoms with Crippen LogP contribution in [-0.4, -0.2) is 42.9 Å². The van der Waals surface area contributed by atoms with Crippen LogP contribution in [0.2, 0.25) is 0 Å². The number of hydrogen-bond acceptors (Lipinski definition) is 4.